The van der Waals surface area contributed by atoms with Crippen molar-refractivity contribution in [3.05, 3.63) is 0 Å². The van der Waals surface area contributed by atoms with Crippen molar-refractivity contribution in [1.29, 1.82) is 0 Å². The standard InChI is InChI=1S/C9H13O10P/c10-1-2(11)3(12)6(15)4(13)5(14)7(16)9(18)8(6,17)20(7,9)19/h2,4-5,10-11,13-18H,1H2/t2?,4-,5+,6-,7+,8+,9+,20?/m0/s1. The van der Waals surface area contributed by atoms with Crippen LogP contribution in [0.25, 0.3) is 0 Å². The summed E-state index contributed by atoms with van der Waals surface area (Å²) < 4.78 is 12.2. The summed E-state index contributed by atoms with van der Waals surface area (Å²) in [6, 6.07) is 0. The Bertz CT molecular complexity index is 579. The highest BCUT2D eigenvalue weighted by Gasteiger charge is 3.23. The highest BCUT2D eigenvalue weighted by molar-refractivity contribution is 7.85. The molecule has 4 fully saturated rings. The molecule has 0 amide bonds. The molecular formula is C9H13O10P. The molecule has 114 valence electrons. The average Bonchev–Trinajstić information content (AvgIpc) is 3.06. The monoisotopic (exact) mass is 312 g/mol. The van der Waals surface area contributed by atoms with Crippen molar-refractivity contribution in [3.63, 3.8) is 0 Å². The lowest BCUT2D eigenvalue weighted by molar-refractivity contribution is -0.275. The molecule has 0 spiro atoms. The average molecular weight is 312 g/mol. The van der Waals surface area contributed by atoms with E-state index >= 15 is 0 Å². The van der Waals surface area contributed by atoms with Crippen molar-refractivity contribution < 1.29 is 50.2 Å². The molecule has 10 nitrogen and oxygen atoms in total. The minimum Gasteiger partial charge on any atom is -0.393 e. The van der Waals surface area contributed by atoms with Crippen LogP contribution in [0.15, 0.2) is 0 Å². The highest BCUT2D eigenvalue weighted by atomic mass is 31.2. The Morgan fingerprint density at radius 2 is 1.55 bits per heavy atom. The van der Waals surface area contributed by atoms with E-state index in [1.54, 1.807) is 0 Å². The zero-order valence-electron chi connectivity index (χ0n) is 9.78. The van der Waals surface area contributed by atoms with Crippen LogP contribution in [0.1, 0.15) is 0 Å². The number of aliphatic hydroxyl groups is 8. The molecular weight excluding hydrogens is 299 g/mol. The van der Waals surface area contributed by atoms with Crippen molar-refractivity contribution in [3.8, 4) is 0 Å². The van der Waals surface area contributed by atoms with E-state index in [4.69, 9.17) is 5.11 Å². The molecule has 3 heterocycles. The summed E-state index contributed by atoms with van der Waals surface area (Å²) in [5.41, 5.74) is -3.37. The Morgan fingerprint density at radius 1 is 1.10 bits per heavy atom. The van der Waals surface area contributed by atoms with E-state index in [1.807, 2.05) is 0 Å². The van der Waals surface area contributed by atoms with E-state index in [0.717, 1.165) is 0 Å². The first-order chi connectivity index (χ1) is 8.96. The molecule has 11 heteroatoms. The Morgan fingerprint density at radius 3 is 1.95 bits per heavy atom. The fraction of sp³-hybridized carbons (Fsp3) is 0.889. The van der Waals surface area contributed by atoms with Gasteiger partial charge in [-0.05, 0) is 0 Å². The Kier molecular flexibility index (Phi) is 2.30. The van der Waals surface area contributed by atoms with Crippen LogP contribution in [0, 0.1) is 0 Å². The van der Waals surface area contributed by atoms with Crippen molar-refractivity contribution in [2.75, 3.05) is 6.61 Å². The van der Waals surface area contributed by atoms with E-state index < -0.39 is 59.5 Å². The van der Waals surface area contributed by atoms with Crippen LogP contribution in [0.2, 0.25) is 0 Å². The van der Waals surface area contributed by atoms with Crippen LogP contribution in [-0.2, 0) is 9.36 Å². The summed E-state index contributed by atoms with van der Waals surface area (Å²) in [6.07, 6.45) is -7.11. The minimum atomic E-state index is -4.40. The maximum Gasteiger partial charge on any atom is 0.201 e. The number of rotatable bonds is 3. The number of hydrogen-bond donors (Lipinski definition) is 8. The van der Waals surface area contributed by atoms with Gasteiger partial charge in [0.2, 0.25) is 16.5 Å². The van der Waals surface area contributed by atoms with E-state index in [2.05, 4.69) is 0 Å². The molecule has 3 aliphatic heterocycles. The van der Waals surface area contributed by atoms with Gasteiger partial charge in [-0.15, -0.1) is 0 Å². The fourth-order valence-corrected chi connectivity index (χ4v) is 8.12. The first kappa shape index (κ1) is 14.5. The first-order valence-electron chi connectivity index (χ1n) is 5.65. The van der Waals surface area contributed by atoms with Crippen LogP contribution in [0.4, 0.5) is 0 Å². The van der Waals surface area contributed by atoms with Gasteiger partial charge in [-0.2, -0.15) is 0 Å². The molecule has 0 aromatic rings. The van der Waals surface area contributed by atoms with Crippen LogP contribution in [0.3, 0.4) is 0 Å². The molecule has 0 aromatic carbocycles. The Balaban J connectivity index is 2.15. The number of aliphatic hydroxyl groups excluding tert-OH is 4. The molecule has 0 radical (unpaired) electrons. The SMILES string of the molecule is O=C(C(O)CO)[C@]1(O)[C@@H](O)[C@@H](O)[C@]2(O)[C@]3(O)[C@]1(O)P32=O. The summed E-state index contributed by atoms with van der Waals surface area (Å²) in [6.45, 7) is -1.17. The third-order valence-electron chi connectivity index (χ3n) is 4.81. The quantitative estimate of drug-likeness (QED) is 0.233. The first-order valence-corrected chi connectivity index (χ1v) is 7.36. The van der Waals surface area contributed by atoms with E-state index in [9.17, 15) is 45.1 Å². The summed E-state index contributed by atoms with van der Waals surface area (Å²) >= 11 is 0. The van der Waals surface area contributed by atoms with Gasteiger partial charge in [-0.3, -0.25) is 4.79 Å². The lowest BCUT2D eigenvalue weighted by Gasteiger charge is -2.50. The highest BCUT2D eigenvalue weighted by Crippen LogP contribution is 3.15. The number of Topliss-reactive ketones (excluding diaryl/α,β-unsaturated/α-hetero) is 1. The maximum absolute atomic E-state index is 12.2. The molecule has 0 aromatic heterocycles. The fourth-order valence-electron chi connectivity index (χ4n) is 3.57. The largest absolute Gasteiger partial charge is 0.393 e. The summed E-state index contributed by atoms with van der Waals surface area (Å²) in [5, 5.41) is 68.7. The summed E-state index contributed by atoms with van der Waals surface area (Å²) in [5.74, 6) is -1.72. The lowest BCUT2D eigenvalue weighted by Crippen LogP contribution is -2.79. The second-order valence-corrected chi connectivity index (χ2v) is 8.59. The molecule has 1 aliphatic carbocycles. The number of carbonyl (C=O) groups excluding carboxylic acids is 1. The zero-order chi connectivity index (χ0) is 15.5. The van der Waals surface area contributed by atoms with E-state index in [0.29, 0.717) is 0 Å². The van der Waals surface area contributed by atoms with Gasteiger partial charge < -0.3 is 45.4 Å². The van der Waals surface area contributed by atoms with Gasteiger partial charge >= 0.3 is 0 Å². The number of carbonyl (C=O) groups is 1. The molecule has 2 bridgehead atoms. The maximum atomic E-state index is 12.2. The van der Waals surface area contributed by atoms with Gasteiger partial charge in [0, 0.05) is 0 Å². The molecule has 4 rings (SSSR count). The molecule has 8 N–H and O–H groups in total. The predicted octanol–water partition coefficient (Wildman–Crippen LogP) is -5.17. The molecule has 8 atom stereocenters. The summed E-state index contributed by atoms with van der Waals surface area (Å²) in [7, 11) is -4.40. The molecule has 20 heavy (non-hydrogen) atoms. The minimum absolute atomic E-state index is 1.17. The van der Waals surface area contributed by atoms with E-state index in [1.165, 1.54) is 0 Å². The van der Waals surface area contributed by atoms with Crippen molar-refractivity contribution in [2.24, 2.45) is 0 Å². The lowest BCUT2D eigenvalue weighted by atomic mass is 9.71. The molecule has 1 saturated carbocycles. The third-order valence-corrected chi connectivity index (χ3v) is 9.07. The molecule has 2 unspecified atom stereocenters. The summed E-state index contributed by atoms with van der Waals surface area (Å²) in [4.78, 5) is 11.8. The van der Waals surface area contributed by atoms with Gasteiger partial charge in [0.25, 0.3) is 0 Å². The topological polar surface area (TPSA) is 196 Å². The molecule has 3 saturated heterocycles. The van der Waals surface area contributed by atoms with Crippen molar-refractivity contribution >= 4 is 12.9 Å². The van der Waals surface area contributed by atoms with Gasteiger partial charge in [0.1, 0.15) is 18.3 Å². The molecule has 4 aliphatic rings. The third kappa shape index (κ3) is 0.803. The Hall–Kier alpha value is -0.420. The van der Waals surface area contributed by atoms with Crippen LogP contribution in [0.5, 0.6) is 0 Å². The smallest absolute Gasteiger partial charge is 0.201 e. The predicted molar refractivity (Wildman–Crippen MR) is 57.5 cm³/mol. The van der Waals surface area contributed by atoms with Gasteiger partial charge in [0.05, 0.1) is 6.61 Å². The van der Waals surface area contributed by atoms with Crippen molar-refractivity contribution in [1.82, 2.24) is 0 Å². The normalized spacial score (nSPS) is 64.4. The number of hydrogen-bond acceptors (Lipinski definition) is 10. The second-order valence-electron chi connectivity index (χ2n) is 5.40. The van der Waals surface area contributed by atoms with Crippen LogP contribution in [-0.4, -0.2) is 93.2 Å². The second kappa shape index (κ2) is 3.17. The number of fused-ring (bicyclic) bond motifs is 2. The van der Waals surface area contributed by atoms with Crippen LogP contribution >= 0.6 is 7.14 Å². The zero-order valence-corrected chi connectivity index (χ0v) is 10.7. The van der Waals surface area contributed by atoms with E-state index in [-0.39, 0.29) is 0 Å². The number of ketones is 1. The van der Waals surface area contributed by atoms with Gasteiger partial charge in [-0.25, -0.2) is 0 Å². The Labute approximate surface area is 110 Å². The van der Waals surface area contributed by atoms with Gasteiger partial charge in [0.15, 0.2) is 18.1 Å². The van der Waals surface area contributed by atoms with Gasteiger partial charge in [-0.1, -0.05) is 0 Å². The van der Waals surface area contributed by atoms with Crippen LogP contribution < -0.4 is 0 Å². The van der Waals surface area contributed by atoms with Crippen molar-refractivity contribution in [2.45, 2.75) is 39.9 Å².